The maximum absolute atomic E-state index is 4.48. The van der Waals surface area contributed by atoms with E-state index >= 15 is 0 Å². The van der Waals surface area contributed by atoms with Gasteiger partial charge in [-0.05, 0) is 24.8 Å². The molecule has 6 nitrogen and oxygen atoms in total. The van der Waals surface area contributed by atoms with E-state index in [1.807, 2.05) is 36.5 Å². The highest BCUT2D eigenvalue weighted by Gasteiger charge is 2.23. The smallest absolute Gasteiger partial charge is 0.159 e. The van der Waals surface area contributed by atoms with Crippen LogP contribution in [0.15, 0.2) is 30.9 Å². The van der Waals surface area contributed by atoms with Gasteiger partial charge in [0, 0.05) is 52.2 Å². The lowest BCUT2D eigenvalue weighted by atomic mass is 9.94. The summed E-state index contributed by atoms with van der Waals surface area (Å²) in [6, 6.07) is 2.12. The van der Waals surface area contributed by atoms with Gasteiger partial charge in [-0.2, -0.15) is 5.10 Å². The van der Waals surface area contributed by atoms with E-state index in [2.05, 4.69) is 37.6 Å². The number of hydrogen-bond donors (Lipinski definition) is 0. The predicted molar refractivity (Wildman–Crippen MR) is 90.4 cm³/mol. The topological polar surface area (TPSA) is 51.8 Å². The minimum Gasteiger partial charge on any atom is -0.371 e. The van der Waals surface area contributed by atoms with Crippen LogP contribution in [0.2, 0.25) is 0 Å². The lowest BCUT2D eigenvalue weighted by molar-refractivity contribution is 0.403. The van der Waals surface area contributed by atoms with Crippen LogP contribution in [0.5, 0.6) is 0 Å². The molecule has 1 aliphatic rings. The fraction of sp³-hybridized carbons (Fsp3) is 0.471. The van der Waals surface area contributed by atoms with Crippen molar-refractivity contribution in [3.8, 4) is 0 Å². The van der Waals surface area contributed by atoms with Crippen LogP contribution in [0.3, 0.4) is 0 Å². The van der Waals surface area contributed by atoms with E-state index in [9.17, 15) is 0 Å². The van der Waals surface area contributed by atoms with E-state index < -0.39 is 0 Å². The van der Waals surface area contributed by atoms with Gasteiger partial charge < -0.3 is 9.47 Å². The van der Waals surface area contributed by atoms with Crippen molar-refractivity contribution in [1.82, 2.24) is 24.3 Å². The molecule has 3 aromatic heterocycles. The van der Waals surface area contributed by atoms with Crippen molar-refractivity contribution in [2.75, 3.05) is 18.0 Å². The Balaban J connectivity index is 1.58. The van der Waals surface area contributed by atoms with Crippen molar-refractivity contribution in [3.63, 3.8) is 0 Å². The number of rotatable bonds is 3. The van der Waals surface area contributed by atoms with Gasteiger partial charge in [-0.1, -0.05) is 0 Å². The molecule has 23 heavy (non-hydrogen) atoms. The van der Waals surface area contributed by atoms with Crippen LogP contribution in [-0.2, 0) is 20.5 Å². The van der Waals surface area contributed by atoms with Crippen molar-refractivity contribution >= 4 is 16.7 Å². The Morgan fingerprint density at radius 3 is 2.96 bits per heavy atom. The Hall–Kier alpha value is -2.37. The molecule has 0 aromatic carbocycles. The number of aromatic nitrogens is 5. The van der Waals surface area contributed by atoms with Crippen LogP contribution >= 0.6 is 0 Å². The summed E-state index contributed by atoms with van der Waals surface area (Å²) >= 11 is 0. The summed E-state index contributed by atoms with van der Waals surface area (Å²) in [6.45, 7) is 2.17. The van der Waals surface area contributed by atoms with Crippen LogP contribution in [0.25, 0.3) is 11.0 Å². The highest BCUT2D eigenvalue weighted by molar-refractivity contribution is 5.89. The fourth-order valence-corrected chi connectivity index (χ4v) is 3.61. The van der Waals surface area contributed by atoms with Crippen LogP contribution in [0, 0.1) is 5.92 Å². The zero-order valence-electron chi connectivity index (χ0n) is 13.7. The molecule has 0 aliphatic carbocycles. The summed E-state index contributed by atoms with van der Waals surface area (Å²) in [7, 11) is 4.02. The summed E-state index contributed by atoms with van der Waals surface area (Å²) in [5, 5.41) is 5.50. The van der Waals surface area contributed by atoms with Crippen LogP contribution in [0.4, 0.5) is 5.69 Å². The molecule has 0 radical (unpaired) electrons. The van der Waals surface area contributed by atoms with Crippen LogP contribution < -0.4 is 4.90 Å². The molecule has 4 rings (SSSR count). The number of nitrogens with zero attached hydrogens (tertiary/aromatic N) is 6. The summed E-state index contributed by atoms with van der Waals surface area (Å²) < 4.78 is 3.97. The first kappa shape index (κ1) is 14.2. The minimum atomic E-state index is 0.643. The van der Waals surface area contributed by atoms with Crippen molar-refractivity contribution in [3.05, 3.63) is 36.7 Å². The molecule has 0 amide bonds. The Morgan fingerprint density at radius 1 is 1.22 bits per heavy atom. The minimum absolute atomic E-state index is 0.643. The highest BCUT2D eigenvalue weighted by atomic mass is 15.3. The molecular formula is C17H22N6. The molecule has 1 aliphatic heterocycles. The molecule has 1 atom stereocenters. The second kappa shape index (κ2) is 5.68. The van der Waals surface area contributed by atoms with Crippen molar-refractivity contribution in [2.45, 2.75) is 19.3 Å². The summed E-state index contributed by atoms with van der Waals surface area (Å²) in [5.74, 6) is 1.82. The number of anilines is 1. The van der Waals surface area contributed by atoms with E-state index in [1.54, 1.807) is 0 Å². The molecule has 120 valence electrons. The number of pyridine rings is 1. The van der Waals surface area contributed by atoms with Crippen molar-refractivity contribution < 1.29 is 0 Å². The maximum Gasteiger partial charge on any atom is 0.159 e. The second-order valence-electron chi connectivity index (χ2n) is 6.45. The SMILES string of the molecule is Cn1ccnc1CC1CCCN(c2ccnc3c2cnn3C)C1. The molecule has 1 fully saturated rings. The van der Waals surface area contributed by atoms with Gasteiger partial charge >= 0.3 is 0 Å². The van der Waals surface area contributed by atoms with E-state index in [0.717, 1.165) is 30.5 Å². The second-order valence-corrected chi connectivity index (χ2v) is 6.45. The first-order valence-electron chi connectivity index (χ1n) is 8.20. The molecule has 4 heterocycles. The quantitative estimate of drug-likeness (QED) is 0.744. The average molecular weight is 310 g/mol. The summed E-state index contributed by atoms with van der Waals surface area (Å²) in [6.07, 6.45) is 11.3. The molecule has 3 aromatic rings. The molecule has 0 bridgehead atoms. The third kappa shape index (κ3) is 2.58. The molecule has 0 N–H and O–H groups in total. The Kier molecular flexibility index (Phi) is 3.52. The molecule has 1 saturated heterocycles. The van der Waals surface area contributed by atoms with Crippen LogP contribution in [-0.4, -0.2) is 37.4 Å². The number of piperidine rings is 1. The number of fused-ring (bicyclic) bond motifs is 1. The van der Waals surface area contributed by atoms with E-state index in [-0.39, 0.29) is 0 Å². The zero-order chi connectivity index (χ0) is 15.8. The predicted octanol–water partition coefficient (Wildman–Crippen LogP) is 2.16. The standard InChI is InChI=1S/C17H22N6/c1-21-9-7-18-16(21)10-13-4-3-8-23(12-13)15-5-6-19-17-14(15)11-20-22(17)2/h5-7,9,11,13H,3-4,8,10,12H2,1-2H3. The number of aryl methyl sites for hydroxylation is 2. The number of hydrogen-bond acceptors (Lipinski definition) is 4. The lowest BCUT2D eigenvalue weighted by Crippen LogP contribution is -2.36. The molecule has 0 saturated carbocycles. The van der Waals surface area contributed by atoms with Gasteiger partial charge in [0.2, 0.25) is 0 Å². The largest absolute Gasteiger partial charge is 0.371 e. The van der Waals surface area contributed by atoms with Gasteiger partial charge in [0.15, 0.2) is 5.65 Å². The van der Waals surface area contributed by atoms with E-state index in [4.69, 9.17) is 0 Å². The van der Waals surface area contributed by atoms with E-state index in [0.29, 0.717) is 5.92 Å². The van der Waals surface area contributed by atoms with Gasteiger partial charge in [-0.3, -0.25) is 4.68 Å². The Morgan fingerprint density at radius 2 is 2.13 bits per heavy atom. The summed E-state index contributed by atoms with van der Waals surface area (Å²) in [5.41, 5.74) is 2.21. The first-order chi connectivity index (χ1) is 11.2. The van der Waals surface area contributed by atoms with Gasteiger partial charge in [-0.15, -0.1) is 0 Å². The molecule has 6 heteroatoms. The van der Waals surface area contributed by atoms with Gasteiger partial charge in [0.05, 0.1) is 17.3 Å². The monoisotopic (exact) mass is 310 g/mol. The summed E-state index contributed by atoms with van der Waals surface area (Å²) in [4.78, 5) is 11.4. The highest BCUT2D eigenvalue weighted by Crippen LogP contribution is 2.30. The Bertz CT molecular complexity index is 817. The van der Waals surface area contributed by atoms with Gasteiger partial charge in [0.25, 0.3) is 0 Å². The third-order valence-corrected chi connectivity index (χ3v) is 4.86. The lowest BCUT2D eigenvalue weighted by Gasteiger charge is -2.34. The first-order valence-corrected chi connectivity index (χ1v) is 8.20. The maximum atomic E-state index is 4.48. The van der Waals surface area contributed by atoms with Crippen LogP contribution in [0.1, 0.15) is 18.7 Å². The van der Waals surface area contributed by atoms with Crippen molar-refractivity contribution in [2.24, 2.45) is 20.0 Å². The van der Waals surface area contributed by atoms with Gasteiger partial charge in [-0.25, -0.2) is 9.97 Å². The molecule has 1 unspecified atom stereocenters. The third-order valence-electron chi connectivity index (χ3n) is 4.86. The zero-order valence-corrected chi connectivity index (χ0v) is 13.7. The number of imidazole rings is 1. The average Bonchev–Trinajstić information content (AvgIpc) is 3.14. The normalized spacial score (nSPS) is 18.7. The van der Waals surface area contributed by atoms with Crippen molar-refractivity contribution in [1.29, 1.82) is 0 Å². The molecule has 0 spiro atoms. The van der Waals surface area contributed by atoms with Gasteiger partial charge in [0.1, 0.15) is 5.82 Å². The Labute approximate surface area is 135 Å². The molecular weight excluding hydrogens is 288 g/mol. The fourth-order valence-electron chi connectivity index (χ4n) is 3.61. The van der Waals surface area contributed by atoms with E-state index in [1.165, 1.54) is 24.4 Å².